The van der Waals surface area contributed by atoms with Crippen LogP contribution in [0.25, 0.3) is 49.3 Å². The lowest BCUT2D eigenvalue weighted by Crippen LogP contribution is -2.01. The van der Waals surface area contributed by atoms with Crippen LogP contribution in [-0.4, -0.2) is 9.13 Å². The molecule has 3 heterocycles. The van der Waals surface area contributed by atoms with Gasteiger partial charge in [-0.2, -0.15) is 0 Å². The van der Waals surface area contributed by atoms with Crippen LogP contribution in [0, 0.1) is 0 Å². The number of aryl methyl sites for hydroxylation is 1. The van der Waals surface area contributed by atoms with Gasteiger partial charge in [-0.25, -0.2) is 0 Å². The molecule has 4 aromatic carbocycles. The molecule has 1 aliphatic heterocycles. The van der Waals surface area contributed by atoms with Crippen LogP contribution in [0.5, 0.6) is 0 Å². The van der Waals surface area contributed by atoms with E-state index in [1.807, 2.05) is 0 Å². The average Bonchev–Trinajstić information content (AvgIpc) is 3.22. The fourth-order valence-corrected chi connectivity index (χ4v) is 5.37. The van der Waals surface area contributed by atoms with E-state index in [-0.39, 0.29) is 0 Å². The zero-order valence-corrected chi connectivity index (χ0v) is 15.6. The van der Waals surface area contributed by atoms with Crippen LogP contribution in [0.1, 0.15) is 11.1 Å². The Hall–Kier alpha value is -3.52. The molecule has 0 atom stereocenters. The Kier molecular flexibility index (Phi) is 2.51. The van der Waals surface area contributed by atoms with Crippen molar-refractivity contribution in [2.45, 2.75) is 6.42 Å². The van der Waals surface area contributed by atoms with Crippen molar-refractivity contribution in [1.82, 2.24) is 9.13 Å². The maximum atomic E-state index is 2.50. The Morgan fingerprint density at radius 2 is 1.29 bits per heavy atom. The molecule has 2 aromatic heterocycles. The molecule has 2 heteroatoms. The average molecular weight is 358 g/mol. The molecule has 2 nitrogen and oxygen atoms in total. The van der Waals surface area contributed by atoms with Gasteiger partial charge in [0.1, 0.15) is 0 Å². The van der Waals surface area contributed by atoms with E-state index in [0.29, 0.717) is 0 Å². The van der Waals surface area contributed by atoms with Crippen molar-refractivity contribution in [3.05, 3.63) is 90.0 Å². The summed E-state index contributed by atoms with van der Waals surface area (Å²) in [6.45, 7) is 0. The molecule has 1 aliphatic rings. The molecule has 132 valence electrons. The highest BCUT2D eigenvalue weighted by molar-refractivity contribution is 6.17. The molecule has 0 N–H and O–H groups in total. The van der Waals surface area contributed by atoms with Gasteiger partial charge < -0.3 is 9.13 Å². The molecule has 0 saturated heterocycles. The molecule has 0 saturated carbocycles. The zero-order chi connectivity index (χ0) is 18.4. The summed E-state index contributed by atoms with van der Waals surface area (Å²) in [6, 6.07) is 29.1. The largest absolute Gasteiger partial charge is 0.344 e. The van der Waals surface area contributed by atoms with Crippen LogP contribution in [0.3, 0.4) is 0 Å². The minimum Gasteiger partial charge on any atom is -0.344 e. The predicted molar refractivity (Wildman–Crippen MR) is 118 cm³/mol. The number of rotatable bonds is 0. The number of para-hydroxylation sites is 2. The van der Waals surface area contributed by atoms with E-state index in [1.165, 1.54) is 60.4 Å². The zero-order valence-electron chi connectivity index (χ0n) is 15.6. The highest BCUT2D eigenvalue weighted by Crippen LogP contribution is 2.42. The fraction of sp³-hybridized carbons (Fsp3) is 0.0769. The lowest BCUT2D eigenvalue weighted by atomic mass is 9.96. The summed E-state index contributed by atoms with van der Waals surface area (Å²) in [6.07, 6.45) is 0.957. The van der Waals surface area contributed by atoms with Gasteiger partial charge >= 0.3 is 0 Å². The summed E-state index contributed by atoms with van der Waals surface area (Å²) >= 11 is 0. The van der Waals surface area contributed by atoms with Crippen molar-refractivity contribution in [3.63, 3.8) is 0 Å². The molecule has 0 bridgehead atoms. The molecule has 0 unspecified atom stereocenters. The maximum absolute atomic E-state index is 2.50. The summed E-state index contributed by atoms with van der Waals surface area (Å²) < 4.78 is 4.84. The number of nitrogens with zero attached hydrogens (tertiary/aromatic N) is 2. The molecular weight excluding hydrogens is 340 g/mol. The topological polar surface area (TPSA) is 9.86 Å². The highest BCUT2D eigenvalue weighted by atomic mass is 15.0. The van der Waals surface area contributed by atoms with Crippen LogP contribution < -0.4 is 0 Å². The second kappa shape index (κ2) is 4.85. The van der Waals surface area contributed by atoms with Crippen LogP contribution in [-0.2, 0) is 13.5 Å². The molecular formula is C26H18N2. The van der Waals surface area contributed by atoms with Gasteiger partial charge in [0.15, 0.2) is 0 Å². The molecule has 0 spiro atoms. The van der Waals surface area contributed by atoms with Crippen LogP contribution in [0.15, 0.2) is 78.9 Å². The normalized spacial score (nSPS) is 13.0. The first kappa shape index (κ1) is 14.5. The SMILES string of the molecule is Cn1c2cccc3c2c2c(cccc21)-n1c2ccccc2c2cccc(c21)C3. The van der Waals surface area contributed by atoms with E-state index in [0.717, 1.165) is 6.42 Å². The van der Waals surface area contributed by atoms with Gasteiger partial charge in [0.25, 0.3) is 0 Å². The Morgan fingerprint density at radius 3 is 2.21 bits per heavy atom. The first-order valence-corrected chi connectivity index (χ1v) is 9.83. The smallest absolute Gasteiger partial charge is 0.0576 e. The molecule has 0 aliphatic carbocycles. The fourth-order valence-electron chi connectivity index (χ4n) is 5.37. The lowest BCUT2D eigenvalue weighted by molar-refractivity contribution is 1.01. The summed E-state index contributed by atoms with van der Waals surface area (Å²) in [7, 11) is 2.19. The quantitative estimate of drug-likeness (QED) is 0.300. The van der Waals surface area contributed by atoms with Crippen molar-refractivity contribution in [1.29, 1.82) is 0 Å². The Balaban J connectivity index is 1.86. The van der Waals surface area contributed by atoms with E-state index in [9.17, 15) is 0 Å². The second-order valence-corrected chi connectivity index (χ2v) is 7.88. The van der Waals surface area contributed by atoms with Crippen LogP contribution >= 0.6 is 0 Å². The van der Waals surface area contributed by atoms with Gasteiger partial charge in [0.2, 0.25) is 0 Å². The molecule has 0 amide bonds. The van der Waals surface area contributed by atoms with E-state index < -0.39 is 0 Å². The Bertz CT molecular complexity index is 1590. The van der Waals surface area contributed by atoms with E-state index in [1.54, 1.807) is 0 Å². The van der Waals surface area contributed by atoms with Gasteiger partial charge in [-0.15, -0.1) is 0 Å². The van der Waals surface area contributed by atoms with Gasteiger partial charge in [-0.05, 0) is 35.4 Å². The molecule has 0 fully saturated rings. The van der Waals surface area contributed by atoms with Crippen LogP contribution in [0.2, 0.25) is 0 Å². The number of benzene rings is 4. The lowest BCUT2D eigenvalue weighted by Gasteiger charge is -2.16. The third kappa shape index (κ3) is 1.56. The molecule has 28 heavy (non-hydrogen) atoms. The maximum Gasteiger partial charge on any atom is 0.0576 e. The highest BCUT2D eigenvalue weighted by Gasteiger charge is 2.23. The number of aromatic nitrogens is 2. The van der Waals surface area contributed by atoms with Crippen molar-refractivity contribution in [3.8, 4) is 5.69 Å². The number of fused-ring (bicyclic) bond motifs is 4. The molecule has 0 radical (unpaired) electrons. The van der Waals surface area contributed by atoms with Crippen molar-refractivity contribution in [2.24, 2.45) is 7.05 Å². The summed E-state index contributed by atoms with van der Waals surface area (Å²) in [4.78, 5) is 0. The minimum atomic E-state index is 0.957. The third-order valence-electron chi connectivity index (χ3n) is 6.52. The first-order valence-electron chi connectivity index (χ1n) is 9.83. The number of hydrogen-bond donors (Lipinski definition) is 0. The number of hydrogen-bond acceptors (Lipinski definition) is 0. The minimum absolute atomic E-state index is 0.957. The summed E-state index contributed by atoms with van der Waals surface area (Å²) in [5.41, 5.74) is 9.34. The van der Waals surface area contributed by atoms with Crippen molar-refractivity contribution < 1.29 is 0 Å². The summed E-state index contributed by atoms with van der Waals surface area (Å²) in [5.74, 6) is 0. The van der Waals surface area contributed by atoms with Gasteiger partial charge in [0.05, 0.1) is 22.2 Å². The van der Waals surface area contributed by atoms with Gasteiger partial charge in [-0.3, -0.25) is 0 Å². The van der Waals surface area contributed by atoms with E-state index in [4.69, 9.17) is 0 Å². The molecule has 6 aromatic rings. The van der Waals surface area contributed by atoms with Gasteiger partial charge in [-0.1, -0.05) is 54.6 Å². The van der Waals surface area contributed by atoms with Crippen molar-refractivity contribution in [2.75, 3.05) is 0 Å². The Labute approximate surface area is 162 Å². The standard InChI is InChI=1S/C26H18N2/c1-27-21-12-5-7-16-15-17-8-4-10-19-18-9-2-3-11-20(18)28(26(17)19)23-14-6-13-22(27)25(23)24(16)21/h2-14H,15H2,1H3. The van der Waals surface area contributed by atoms with E-state index >= 15 is 0 Å². The molecule has 7 rings (SSSR count). The monoisotopic (exact) mass is 358 g/mol. The van der Waals surface area contributed by atoms with E-state index in [2.05, 4.69) is 95.0 Å². The van der Waals surface area contributed by atoms with Crippen molar-refractivity contribution >= 4 is 43.6 Å². The van der Waals surface area contributed by atoms with Crippen LogP contribution in [0.4, 0.5) is 0 Å². The third-order valence-corrected chi connectivity index (χ3v) is 6.52. The first-order chi connectivity index (χ1) is 13.8. The van der Waals surface area contributed by atoms with Gasteiger partial charge in [0, 0.05) is 40.5 Å². The Morgan fingerprint density at radius 1 is 0.607 bits per heavy atom. The second-order valence-electron chi connectivity index (χ2n) is 7.88. The predicted octanol–water partition coefficient (Wildman–Crippen LogP) is 6.33. The summed E-state index contributed by atoms with van der Waals surface area (Å²) in [5, 5.41) is 5.44.